The van der Waals surface area contributed by atoms with Crippen LogP contribution in [0, 0.1) is 0 Å². The van der Waals surface area contributed by atoms with E-state index in [0.29, 0.717) is 29.5 Å². The minimum atomic E-state index is -3.20. The molecule has 1 atom stereocenters. The van der Waals surface area contributed by atoms with Gasteiger partial charge < -0.3 is 15.8 Å². The molecule has 0 spiro atoms. The summed E-state index contributed by atoms with van der Waals surface area (Å²) in [5, 5.41) is 3.39. The van der Waals surface area contributed by atoms with Gasteiger partial charge in [0.15, 0.2) is 5.96 Å². The van der Waals surface area contributed by atoms with Crippen LogP contribution < -0.4 is 15.8 Å². The monoisotopic (exact) mass is 360 g/mol. The van der Waals surface area contributed by atoms with Gasteiger partial charge in [-0.05, 0) is 31.0 Å². The molecule has 0 radical (unpaired) electrons. The molecular formula is C14H21ClN4O3S. The lowest BCUT2D eigenvalue weighted by Crippen LogP contribution is -2.37. The molecule has 0 bridgehead atoms. The van der Waals surface area contributed by atoms with Crippen molar-refractivity contribution >= 4 is 33.3 Å². The summed E-state index contributed by atoms with van der Waals surface area (Å²) in [4.78, 5) is 4.24. The van der Waals surface area contributed by atoms with Crippen molar-refractivity contribution in [2.24, 2.45) is 10.7 Å². The van der Waals surface area contributed by atoms with E-state index >= 15 is 0 Å². The van der Waals surface area contributed by atoms with Gasteiger partial charge in [-0.25, -0.2) is 8.42 Å². The van der Waals surface area contributed by atoms with Gasteiger partial charge in [-0.3, -0.25) is 4.99 Å². The number of anilines is 1. The van der Waals surface area contributed by atoms with Gasteiger partial charge in [-0.15, -0.1) is 0 Å². The van der Waals surface area contributed by atoms with Crippen LogP contribution in [0.5, 0.6) is 5.75 Å². The molecule has 7 nitrogen and oxygen atoms in total. The van der Waals surface area contributed by atoms with Crippen molar-refractivity contribution in [1.82, 2.24) is 4.31 Å². The second kappa shape index (κ2) is 7.37. The number of rotatable bonds is 5. The molecule has 0 aromatic heterocycles. The molecule has 0 unspecified atom stereocenters. The number of ether oxygens (including phenoxy) is 1. The molecular weight excluding hydrogens is 340 g/mol. The molecule has 3 N–H and O–H groups in total. The first-order chi connectivity index (χ1) is 10.8. The van der Waals surface area contributed by atoms with E-state index in [1.807, 2.05) is 0 Å². The maximum absolute atomic E-state index is 11.7. The van der Waals surface area contributed by atoms with E-state index < -0.39 is 10.0 Å². The number of nitrogens with zero attached hydrogens (tertiary/aromatic N) is 2. The number of benzene rings is 1. The third-order valence-electron chi connectivity index (χ3n) is 3.65. The van der Waals surface area contributed by atoms with Gasteiger partial charge in [0.2, 0.25) is 10.0 Å². The van der Waals surface area contributed by atoms with Crippen LogP contribution in [-0.2, 0) is 10.0 Å². The van der Waals surface area contributed by atoms with Gasteiger partial charge in [-0.2, -0.15) is 4.31 Å². The molecule has 1 saturated heterocycles. The van der Waals surface area contributed by atoms with Crippen molar-refractivity contribution in [1.29, 1.82) is 0 Å². The highest BCUT2D eigenvalue weighted by molar-refractivity contribution is 7.88. The number of nitrogens with two attached hydrogens (primary N) is 1. The number of nitrogens with one attached hydrogen (secondary N) is 1. The van der Waals surface area contributed by atoms with Crippen molar-refractivity contribution < 1.29 is 13.2 Å². The third-order valence-corrected chi connectivity index (χ3v) is 5.27. The number of sulfonamides is 1. The molecule has 0 aliphatic carbocycles. The molecule has 1 aliphatic heterocycles. The van der Waals surface area contributed by atoms with Crippen LogP contribution in [-0.4, -0.2) is 51.2 Å². The fraction of sp³-hybridized carbons (Fsp3) is 0.500. The van der Waals surface area contributed by atoms with Crippen molar-refractivity contribution in [3.63, 3.8) is 0 Å². The summed E-state index contributed by atoms with van der Waals surface area (Å²) in [7, 11) is -1.66. The number of hydrogen-bond donors (Lipinski definition) is 2. The van der Waals surface area contributed by atoms with Crippen molar-refractivity contribution in [2.45, 2.75) is 18.9 Å². The van der Waals surface area contributed by atoms with Crippen molar-refractivity contribution in [2.75, 3.05) is 31.8 Å². The van der Waals surface area contributed by atoms with E-state index in [1.54, 1.807) is 25.3 Å². The summed E-state index contributed by atoms with van der Waals surface area (Å²) < 4.78 is 29.9. The van der Waals surface area contributed by atoms with Gasteiger partial charge >= 0.3 is 0 Å². The van der Waals surface area contributed by atoms with Gasteiger partial charge in [0.25, 0.3) is 0 Å². The summed E-state index contributed by atoms with van der Waals surface area (Å²) in [5.74, 6) is 0.786. The zero-order chi connectivity index (χ0) is 17.0. The van der Waals surface area contributed by atoms with Crippen LogP contribution in [0.2, 0.25) is 5.02 Å². The smallest absolute Gasteiger partial charge is 0.211 e. The summed E-state index contributed by atoms with van der Waals surface area (Å²) >= 11 is 6.04. The summed E-state index contributed by atoms with van der Waals surface area (Å²) in [6.07, 6.45) is 2.85. The number of hydrogen-bond acceptors (Lipinski definition) is 4. The maximum Gasteiger partial charge on any atom is 0.211 e. The van der Waals surface area contributed by atoms with E-state index in [4.69, 9.17) is 22.1 Å². The fourth-order valence-electron chi connectivity index (χ4n) is 2.56. The molecule has 9 heteroatoms. The van der Waals surface area contributed by atoms with Crippen LogP contribution in [0.25, 0.3) is 0 Å². The summed E-state index contributed by atoms with van der Waals surface area (Å²) in [6.45, 7) is 0.871. The van der Waals surface area contributed by atoms with E-state index in [-0.39, 0.29) is 12.0 Å². The molecule has 0 saturated carbocycles. The summed E-state index contributed by atoms with van der Waals surface area (Å²) in [6, 6.07) is 5.04. The van der Waals surface area contributed by atoms with Crippen LogP contribution in [0.1, 0.15) is 12.8 Å². The molecule has 1 heterocycles. The summed E-state index contributed by atoms with van der Waals surface area (Å²) in [5.41, 5.74) is 6.54. The van der Waals surface area contributed by atoms with Gasteiger partial charge in [0, 0.05) is 18.3 Å². The van der Waals surface area contributed by atoms with Crippen LogP contribution in [0.3, 0.4) is 0 Å². The Balaban J connectivity index is 1.99. The normalized spacial score (nSPS) is 19.8. The molecule has 1 aromatic carbocycles. The van der Waals surface area contributed by atoms with E-state index in [1.165, 1.54) is 10.6 Å². The topological polar surface area (TPSA) is 97.0 Å². The number of guanidine groups is 1. The number of halogens is 1. The Kier molecular flexibility index (Phi) is 5.72. The maximum atomic E-state index is 11.7. The first kappa shape index (κ1) is 17.8. The van der Waals surface area contributed by atoms with Crippen molar-refractivity contribution in [3.05, 3.63) is 23.2 Å². The Morgan fingerprint density at radius 2 is 2.30 bits per heavy atom. The second-order valence-electron chi connectivity index (χ2n) is 5.37. The highest BCUT2D eigenvalue weighted by Gasteiger charge is 2.30. The first-order valence-corrected chi connectivity index (χ1v) is 9.41. The quantitative estimate of drug-likeness (QED) is 0.612. The van der Waals surface area contributed by atoms with Crippen LogP contribution in [0.4, 0.5) is 5.69 Å². The Morgan fingerprint density at radius 3 is 2.91 bits per heavy atom. The van der Waals surface area contributed by atoms with E-state index in [2.05, 4.69) is 10.3 Å². The van der Waals surface area contributed by atoms with Crippen LogP contribution >= 0.6 is 11.6 Å². The van der Waals surface area contributed by atoms with E-state index in [9.17, 15) is 8.42 Å². The Hall–Kier alpha value is -1.51. The predicted octanol–water partition coefficient (Wildman–Crippen LogP) is 1.50. The average Bonchev–Trinajstić information content (AvgIpc) is 2.94. The first-order valence-electron chi connectivity index (χ1n) is 7.18. The Morgan fingerprint density at radius 1 is 1.57 bits per heavy atom. The van der Waals surface area contributed by atoms with Crippen LogP contribution in [0.15, 0.2) is 23.2 Å². The lowest BCUT2D eigenvalue weighted by Gasteiger charge is -2.20. The molecule has 1 aromatic rings. The minimum Gasteiger partial charge on any atom is -0.495 e. The number of aliphatic imine (C=N–C) groups is 1. The highest BCUT2D eigenvalue weighted by atomic mass is 35.5. The molecule has 1 aliphatic rings. The lowest BCUT2D eigenvalue weighted by atomic mass is 10.2. The highest BCUT2D eigenvalue weighted by Crippen LogP contribution is 2.27. The van der Waals surface area contributed by atoms with Gasteiger partial charge in [0.05, 0.1) is 24.9 Å². The Bertz CT molecular complexity index is 693. The molecule has 2 rings (SSSR count). The standard InChI is InChI=1S/C14H21ClN4O3S/c1-22-13-6-5-10(8-12(13)15)18-14(16)17-9-11-4-3-7-19(11)23(2,20)21/h5-6,8,11H,3-4,7,9H2,1-2H3,(H3,16,17,18)/t11-/m1/s1. The largest absolute Gasteiger partial charge is 0.495 e. The molecule has 0 amide bonds. The molecule has 128 valence electrons. The van der Waals surface area contributed by atoms with Gasteiger partial charge in [-0.1, -0.05) is 11.6 Å². The van der Waals surface area contributed by atoms with Crippen molar-refractivity contribution in [3.8, 4) is 5.75 Å². The second-order valence-corrected chi connectivity index (χ2v) is 7.71. The van der Waals surface area contributed by atoms with Gasteiger partial charge in [0.1, 0.15) is 5.75 Å². The van der Waals surface area contributed by atoms with E-state index in [0.717, 1.165) is 12.8 Å². The molecule has 23 heavy (non-hydrogen) atoms. The minimum absolute atomic E-state index is 0.134. The average molecular weight is 361 g/mol. The zero-order valence-corrected chi connectivity index (χ0v) is 14.7. The number of methoxy groups -OCH3 is 1. The zero-order valence-electron chi connectivity index (χ0n) is 13.1. The lowest BCUT2D eigenvalue weighted by molar-refractivity contribution is 0.397. The predicted molar refractivity (Wildman–Crippen MR) is 92.7 cm³/mol. The Labute approximate surface area is 141 Å². The fourth-order valence-corrected chi connectivity index (χ4v) is 4.00. The third kappa shape index (κ3) is 4.73. The molecule has 1 fully saturated rings. The SMILES string of the molecule is COc1ccc(NC(N)=NC[C@H]2CCCN2S(C)(=O)=O)cc1Cl.